The number of hydrogen-bond donors (Lipinski definition) is 2. The number of benzene rings is 2. The molecular weight excluding hydrogens is 274 g/mol. The third-order valence-corrected chi connectivity index (χ3v) is 3.95. The molecule has 0 aliphatic carbocycles. The molecule has 0 aliphatic rings. The molecule has 0 bridgehead atoms. The summed E-state index contributed by atoms with van der Waals surface area (Å²) in [4.78, 5) is 7.51. The lowest BCUT2D eigenvalue weighted by atomic mass is 9.98. The van der Waals surface area contributed by atoms with Gasteiger partial charge in [0.05, 0.1) is 12.4 Å². The lowest BCUT2D eigenvalue weighted by Gasteiger charge is -2.19. The van der Waals surface area contributed by atoms with Crippen LogP contribution in [-0.4, -0.2) is 19.6 Å². The number of hydrogen-bond acceptors (Lipinski definition) is 2. The van der Waals surface area contributed by atoms with Crippen LogP contribution in [0.2, 0.25) is 0 Å². The number of nitrogens with one attached hydrogen (secondary N) is 1. The molecule has 0 amide bonds. The van der Waals surface area contributed by atoms with Crippen molar-refractivity contribution in [3.63, 3.8) is 0 Å². The molecule has 0 spiro atoms. The predicted octanol–water partition coefficient (Wildman–Crippen LogP) is 3.71. The molecule has 4 aromatic rings. The summed E-state index contributed by atoms with van der Waals surface area (Å²) in [5.41, 5.74) is 3.39. The van der Waals surface area contributed by atoms with Crippen LogP contribution in [0.1, 0.15) is 17.2 Å². The summed E-state index contributed by atoms with van der Waals surface area (Å²) in [6, 6.07) is 15.6. The average Bonchev–Trinajstić information content (AvgIpc) is 3.20. The highest BCUT2D eigenvalue weighted by Gasteiger charge is 2.19. The van der Waals surface area contributed by atoms with Gasteiger partial charge in [-0.05, 0) is 23.8 Å². The van der Waals surface area contributed by atoms with Crippen molar-refractivity contribution in [3.05, 3.63) is 84.6 Å². The first kappa shape index (κ1) is 12.7. The van der Waals surface area contributed by atoms with Gasteiger partial charge < -0.3 is 14.7 Å². The van der Waals surface area contributed by atoms with E-state index in [1.54, 1.807) is 18.3 Å². The summed E-state index contributed by atoms with van der Waals surface area (Å²) in [7, 11) is 0. The molecule has 22 heavy (non-hydrogen) atoms. The van der Waals surface area contributed by atoms with Crippen LogP contribution in [0.5, 0.6) is 5.75 Å². The maximum Gasteiger partial charge on any atom is 0.115 e. The van der Waals surface area contributed by atoms with E-state index >= 15 is 0 Å². The zero-order chi connectivity index (χ0) is 14.9. The zero-order valence-corrected chi connectivity index (χ0v) is 11.8. The van der Waals surface area contributed by atoms with Crippen LogP contribution in [0.15, 0.2) is 73.4 Å². The van der Waals surface area contributed by atoms with E-state index in [1.807, 2.05) is 43.0 Å². The Kier molecular flexibility index (Phi) is 2.93. The number of phenolic OH excluding ortho intramolecular Hbond substituents is 1. The molecule has 108 valence electrons. The Morgan fingerprint density at radius 3 is 2.64 bits per heavy atom. The lowest BCUT2D eigenvalue weighted by Crippen LogP contribution is -2.10. The van der Waals surface area contributed by atoms with Gasteiger partial charge >= 0.3 is 0 Å². The molecule has 2 N–H and O–H groups in total. The van der Waals surface area contributed by atoms with Gasteiger partial charge in [-0.3, -0.25) is 0 Å². The molecule has 4 rings (SSSR count). The van der Waals surface area contributed by atoms with Crippen molar-refractivity contribution in [2.24, 2.45) is 0 Å². The molecule has 4 nitrogen and oxygen atoms in total. The molecular formula is C18H15N3O. The summed E-state index contributed by atoms with van der Waals surface area (Å²) in [6.45, 7) is 0. The van der Waals surface area contributed by atoms with Crippen molar-refractivity contribution in [2.75, 3.05) is 0 Å². The van der Waals surface area contributed by atoms with Gasteiger partial charge in [0, 0.05) is 35.1 Å². The second-order valence-electron chi connectivity index (χ2n) is 5.29. The molecule has 1 atom stereocenters. The quantitative estimate of drug-likeness (QED) is 0.604. The van der Waals surface area contributed by atoms with E-state index in [0.29, 0.717) is 0 Å². The number of aromatic amines is 1. The highest BCUT2D eigenvalue weighted by Crippen LogP contribution is 2.32. The number of imidazole rings is 1. The second kappa shape index (κ2) is 5.07. The van der Waals surface area contributed by atoms with Crippen LogP contribution in [0.3, 0.4) is 0 Å². The lowest BCUT2D eigenvalue weighted by molar-refractivity contribution is 0.475. The monoisotopic (exact) mass is 289 g/mol. The van der Waals surface area contributed by atoms with E-state index in [4.69, 9.17) is 0 Å². The van der Waals surface area contributed by atoms with Gasteiger partial charge in [-0.2, -0.15) is 0 Å². The average molecular weight is 289 g/mol. The van der Waals surface area contributed by atoms with Gasteiger partial charge in [0.15, 0.2) is 0 Å². The third kappa shape index (κ3) is 2.05. The Morgan fingerprint density at radius 2 is 1.86 bits per heavy atom. The number of rotatable bonds is 3. The standard InChI is InChI=1S/C18H15N3O/c22-14-7-5-13(6-8-14)18(21-10-9-19-12-21)16-11-20-17-4-2-1-3-15(16)17/h1-12,18,20,22H. The van der Waals surface area contributed by atoms with E-state index in [-0.39, 0.29) is 11.8 Å². The van der Waals surface area contributed by atoms with Gasteiger partial charge in [-0.1, -0.05) is 30.3 Å². The van der Waals surface area contributed by atoms with E-state index in [1.165, 1.54) is 10.9 Å². The van der Waals surface area contributed by atoms with Crippen molar-refractivity contribution in [1.82, 2.24) is 14.5 Å². The van der Waals surface area contributed by atoms with Crippen LogP contribution in [0, 0.1) is 0 Å². The minimum absolute atomic E-state index is 0.0132. The first-order valence-corrected chi connectivity index (χ1v) is 7.15. The zero-order valence-electron chi connectivity index (χ0n) is 11.8. The number of H-pyrrole nitrogens is 1. The number of fused-ring (bicyclic) bond motifs is 1. The number of aromatic hydroxyl groups is 1. The molecule has 0 fully saturated rings. The fraction of sp³-hybridized carbons (Fsp3) is 0.0556. The minimum Gasteiger partial charge on any atom is -0.508 e. The Labute approximate surface area is 127 Å². The van der Waals surface area contributed by atoms with Gasteiger partial charge in [0.1, 0.15) is 5.75 Å². The molecule has 1 unspecified atom stereocenters. The normalized spacial score (nSPS) is 12.5. The summed E-state index contributed by atoms with van der Waals surface area (Å²) >= 11 is 0. The molecule has 0 saturated carbocycles. The second-order valence-corrected chi connectivity index (χ2v) is 5.29. The van der Waals surface area contributed by atoms with Crippen LogP contribution in [0.25, 0.3) is 10.9 Å². The SMILES string of the molecule is Oc1ccc(C(c2c[nH]c3ccccc23)n2ccnc2)cc1. The minimum atomic E-state index is 0.0132. The topological polar surface area (TPSA) is 53.8 Å². The first-order valence-electron chi connectivity index (χ1n) is 7.15. The first-order chi connectivity index (χ1) is 10.8. The maximum absolute atomic E-state index is 9.55. The van der Waals surface area contributed by atoms with E-state index in [2.05, 4.69) is 26.7 Å². The summed E-state index contributed by atoms with van der Waals surface area (Å²) in [5, 5.41) is 10.7. The highest BCUT2D eigenvalue weighted by molar-refractivity contribution is 5.84. The Bertz CT molecular complexity index is 892. The van der Waals surface area contributed by atoms with Crippen molar-refractivity contribution < 1.29 is 5.11 Å². The smallest absolute Gasteiger partial charge is 0.115 e. The highest BCUT2D eigenvalue weighted by atomic mass is 16.3. The number of aromatic nitrogens is 3. The Balaban J connectivity index is 1.93. The molecule has 0 aliphatic heterocycles. The van der Waals surface area contributed by atoms with Crippen LogP contribution < -0.4 is 0 Å². The largest absolute Gasteiger partial charge is 0.508 e. The molecule has 2 aromatic heterocycles. The van der Waals surface area contributed by atoms with Crippen molar-refractivity contribution >= 4 is 10.9 Å². The van der Waals surface area contributed by atoms with Gasteiger partial charge in [-0.25, -0.2) is 4.98 Å². The number of para-hydroxylation sites is 1. The van der Waals surface area contributed by atoms with Crippen molar-refractivity contribution in [1.29, 1.82) is 0 Å². The predicted molar refractivity (Wildman–Crippen MR) is 85.9 cm³/mol. The number of nitrogens with zero attached hydrogens (tertiary/aromatic N) is 2. The molecule has 0 saturated heterocycles. The van der Waals surface area contributed by atoms with Gasteiger partial charge in [0.25, 0.3) is 0 Å². The molecule has 0 radical (unpaired) electrons. The molecule has 4 heteroatoms. The van der Waals surface area contributed by atoms with E-state index in [0.717, 1.165) is 11.1 Å². The Hall–Kier alpha value is -3.01. The fourth-order valence-corrected chi connectivity index (χ4v) is 2.91. The van der Waals surface area contributed by atoms with E-state index in [9.17, 15) is 5.11 Å². The third-order valence-electron chi connectivity index (χ3n) is 3.95. The van der Waals surface area contributed by atoms with Crippen LogP contribution in [-0.2, 0) is 0 Å². The van der Waals surface area contributed by atoms with Crippen LogP contribution in [0.4, 0.5) is 0 Å². The van der Waals surface area contributed by atoms with Crippen LogP contribution >= 0.6 is 0 Å². The van der Waals surface area contributed by atoms with Crippen molar-refractivity contribution in [2.45, 2.75) is 6.04 Å². The molecule has 2 heterocycles. The summed E-state index contributed by atoms with van der Waals surface area (Å²) in [6.07, 6.45) is 7.60. The van der Waals surface area contributed by atoms with Gasteiger partial charge in [-0.15, -0.1) is 0 Å². The Morgan fingerprint density at radius 1 is 1.05 bits per heavy atom. The van der Waals surface area contributed by atoms with Crippen molar-refractivity contribution in [3.8, 4) is 5.75 Å². The molecule has 2 aromatic carbocycles. The fourth-order valence-electron chi connectivity index (χ4n) is 2.91. The summed E-state index contributed by atoms with van der Waals surface area (Å²) in [5.74, 6) is 0.270. The summed E-state index contributed by atoms with van der Waals surface area (Å²) < 4.78 is 2.07. The van der Waals surface area contributed by atoms with Gasteiger partial charge in [0.2, 0.25) is 0 Å². The maximum atomic E-state index is 9.55. The number of phenols is 1. The van der Waals surface area contributed by atoms with E-state index < -0.39 is 0 Å².